The van der Waals surface area contributed by atoms with Crippen LogP contribution in [0.4, 0.5) is 10.7 Å². The number of benzene rings is 1. The molecule has 4 N–H and O–H groups in total. The predicted octanol–water partition coefficient (Wildman–Crippen LogP) is 4.06. The molecule has 4 rings (SSSR count). The normalized spacial score (nSPS) is 11.5. The maximum absolute atomic E-state index is 11.9. The Bertz CT molecular complexity index is 1210. The maximum atomic E-state index is 11.9. The number of fused-ring (bicyclic) bond motifs is 1. The number of imidazole rings is 1. The Morgan fingerprint density at radius 2 is 1.97 bits per heavy atom. The molecule has 0 saturated carbocycles. The van der Waals surface area contributed by atoms with E-state index in [4.69, 9.17) is 0 Å². The summed E-state index contributed by atoms with van der Waals surface area (Å²) in [6.07, 6.45) is 3.47. The summed E-state index contributed by atoms with van der Waals surface area (Å²) in [5.74, 6) is 0.353. The number of hydrogen-bond donors (Lipinski definition) is 4. The van der Waals surface area contributed by atoms with Gasteiger partial charge in [-0.1, -0.05) is 12.1 Å². The monoisotopic (exact) mass is 416 g/mol. The number of nitrogens with one attached hydrogen (secondary N) is 3. The van der Waals surface area contributed by atoms with Crippen molar-refractivity contribution in [3.05, 3.63) is 60.6 Å². The Labute approximate surface area is 179 Å². The lowest BCUT2D eigenvalue weighted by atomic mass is 9.99. The lowest BCUT2D eigenvalue weighted by molar-refractivity contribution is 0.0739. The van der Waals surface area contributed by atoms with Gasteiger partial charge in [0.2, 0.25) is 5.95 Å². The van der Waals surface area contributed by atoms with Crippen molar-refractivity contribution in [1.82, 2.24) is 25.3 Å². The first-order valence-corrected chi connectivity index (χ1v) is 10.0. The van der Waals surface area contributed by atoms with E-state index in [1.165, 1.54) is 0 Å². The molecule has 0 aliphatic carbocycles. The van der Waals surface area contributed by atoms with E-state index in [9.17, 15) is 9.90 Å². The molecule has 1 aromatic carbocycles. The van der Waals surface area contributed by atoms with Crippen molar-refractivity contribution in [2.24, 2.45) is 0 Å². The summed E-state index contributed by atoms with van der Waals surface area (Å²) < 4.78 is 0. The highest BCUT2D eigenvalue weighted by molar-refractivity contribution is 5.97. The molecule has 0 atom stereocenters. The largest absolute Gasteiger partial charge is 0.384 e. The van der Waals surface area contributed by atoms with Crippen LogP contribution in [0.3, 0.4) is 0 Å². The first kappa shape index (κ1) is 20.5. The highest BCUT2D eigenvalue weighted by Gasteiger charge is 2.18. The van der Waals surface area contributed by atoms with E-state index in [1.54, 1.807) is 26.2 Å². The van der Waals surface area contributed by atoms with Crippen molar-refractivity contribution in [2.75, 3.05) is 11.9 Å². The number of hydrogen-bond acceptors (Lipinski definition) is 5. The number of aromatic amines is 1. The molecule has 0 aliphatic heterocycles. The van der Waals surface area contributed by atoms with E-state index in [-0.39, 0.29) is 6.03 Å². The number of aliphatic hydroxyl groups is 1. The molecule has 8 heteroatoms. The van der Waals surface area contributed by atoms with Crippen molar-refractivity contribution < 1.29 is 9.90 Å². The minimum absolute atomic E-state index is 0.326. The molecule has 0 spiro atoms. The van der Waals surface area contributed by atoms with Crippen LogP contribution in [0, 0.1) is 0 Å². The zero-order chi connectivity index (χ0) is 22.0. The van der Waals surface area contributed by atoms with Crippen molar-refractivity contribution in [2.45, 2.75) is 26.4 Å². The number of amides is 2. The van der Waals surface area contributed by atoms with Gasteiger partial charge in [0.25, 0.3) is 0 Å². The average Bonchev–Trinajstić information content (AvgIpc) is 3.15. The quantitative estimate of drug-likeness (QED) is 0.392. The van der Waals surface area contributed by atoms with Crippen LogP contribution in [-0.4, -0.2) is 37.6 Å². The van der Waals surface area contributed by atoms with Gasteiger partial charge >= 0.3 is 6.03 Å². The number of nitrogens with zero attached hydrogens (tertiary/aromatic N) is 3. The number of anilines is 1. The third-order valence-corrected chi connectivity index (χ3v) is 4.83. The first-order valence-electron chi connectivity index (χ1n) is 10.0. The summed E-state index contributed by atoms with van der Waals surface area (Å²) in [6.45, 7) is 5.77. The van der Waals surface area contributed by atoms with Gasteiger partial charge in [-0.3, -0.25) is 15.3 Å². The SMILES string of the molecule is CCNC(=O)Nc1nc2cc(-c3ccc(C(C)(C)O)nc3)cc(-c3ccccn3)c2[nH]1. The number of pyridine rings is 2. The summed E-state index contributed by atoms with van der Waals surface area (Å²) >= 11 is 0. The van der Waals surface area contributed by atoms with Crippen molar-refractivity contribution >= 4 is 23.0 Å². The van der Waals surface area contributed by atoms with Crippen LogP contribution in [0.1, 0.15) is 26.5 Å². The molecule has 0 radical (unpaired) electrons. The fourth-order valence-corrected chi connectivity index (χ4v) is 3.30. The van der Waals surface area contributed by atoms with E-state index >= 15 is 0 Å². The van der Waals surface area contributed by atoms with Crippen LogP contribution in [-0.2, 0) is 5.60 Å². The zero-order valence-corrected chi connectivity index (χ0v) is 17.6. The minimum Gasteiger partial charge on any atom is -0.384 e. The van der Waals surface area contributed by atoms with Gasteiger partial charge in [-0.05, 0) is 56.7 Å². The molecule has 158 valence electrons. The molecular weight excluding hydrogens is 392 g/mol. The smallest absolute Gasteiger partial charge is 0.321 e. The number of rotatable bonds is 5. The summed E-state index contributed by atoms with van der Waals surface area (Å²) in [6, 6.07) is 13.1. The van der Waals surface area contributed by atoms with Crippen LogP contribution in [0.2, 0.25) is 0 Å². The molecule has 4 aromatic rings. The first-order chi connectivity index (χ1) is 14.8. The summed E-state index contributed by atoms with van der Waals surface area (Å²) in [5.41, 5.74) is 4.47. The van der Waals surface area contributed by atoms with Gasteiger partial charge in [0.15, 0.2) is 0 Å². The topological polar surface area (TPSA) is 116 Å². The second-order valence-electron chi connectivity index (χ2n) is 7.69. The molecule has 0 unspecified atom stereocenters. The number of urea groups is 1. The number of aromatic nitrogens is 4. The van der Waals surface area contributed by atoms with E-state index < -0.39 is 5.60 Å². The van der Waals surface area contributed by atoms with Crippen LogP contribution in [0.25, 0.3) is 33.4 Å². The molecule has 0 saturated heterocycles. The third kappa shape index (κ3) is 4.39. The van der Waals surface area contributed by atoms with Gasteiger partial charge in [0.05, 0.1) is 22.4 Å². The molecular formula is C23H24N6O2. The second kappa shape index (κ2) is 8.16. The Morgan fingerprint density at radius 3 is 2.61 bits per heavy atom. The Morgan fingerprint density at radius 1 is 1.13 bits per heavy atom. The Hall–Kier alpha value is -3.78. The van der Waals surface area contributed by atoms with Gasteiger partial charge in [-0.15, -0.1) is 0 Å². The second-order valence-corrected chi connectivity index (χ2v) is 7.69. The van der Waals surface area contributed by atoms with E-state index in [2.05, 4.69) is 30.6 Å². The molecule has 31 heavy (non-hydrogen) atoms. The van der Waals surface area contributed by atoms with Gasteiger partial charge in [-0.2, -0.15) is 0 Å². The summed E-state index contributed by atoms with van der Waals surface area (Å²) in [4.78, 5) is 28.6. The number of carbonyl (C=O) groups excluding carboxylic acids is 1. The van der Waals surface area contributed by atoms with E-state index in [1.807, 2.05) is 49.4 Å². The predicted molar refractivity (Wildman–Crippen MR) is 120 cm³/mol. The number of H-pyrrole nitrogens is 1. The van der Waals surface area contributed by atoms with Gasteiger partial charge in [0.1, 0.15) is 5.60 Å². The number of carbonyl (C=O) groups is 1. The Kier molecular flexibility index (Phi) is 5.39. The molecule has 2 amide bonds. The van der Waals surface area contributed by atoms with Crippen molar-refractivity contribution in [3.8, 4) is 22.4 Å². The Balaban J connectivity index is 1.82. The highest BCUT2D eigenvalue weighted by atomic mass is 16.3. The molecule has 0 fully saturated rings. The lowest BCUT2D eigenvalue weighted by Crippen LogP contribution is -2.28. The highest BCUT2D eigenvalue weighted by Crippen LogP contribution is 2.33. The average molecular weight is 416 g/mol. The fraction of sp³-hybridized carbons (Fsp3) is 0.217. The van der Waals surface area contributed by atoms with Crippen molar-refractivity contribution in [3.63, 3.8) is 0 Å². The third-order valence-electron chi connectivity index (χ3n) is 4.83. The van der Waals surface area contributed by atoms with Crippen LogP contribution < -0.4 is 10.6 Å². The maximum Gasteiger partial charge on any atom is 0.321 e. The van der Waals surface area contributed by atoms with E-state index in [0.717, 1.165) is 27.9 Å². The van der Waals surface area contributed by atoms with Gasteiger partial charge < -0.3 is 15.4 Å². The minimum atomic E-state index is -1.01. The zero-order valence-electron chi connectivity index (χ0n) is 17.6. The van der Waals surface area contributed by atoms with Crippen LogP contribution >= 0.6 is 0 Å². The molecule has 0 bridgehead atoms. The van der Waals surface area contributed by atoms with Crippen LogP contribution in [0.15, 0.2) is 54.9 Å². The molecule has 8 nitrogen and oxygen atoms in total. The molecule has 0 aliphatic rings. The van der Waals surface area contributed by atoms with Crippen molar-refractivity contribution in [1.29, 1.82) is 0 Å². The van der Waals surface area contributed by atoms with Crippen LogP contribution in [0.5, 0.6) is 0 Å². The summed E-state index contributed by atoms with van der Waals surface area (Å²) in [5, 5.41) is 15.6. The fourth-order valence-electron chi connectivity index (χ4n) is 3.30. The van der Waals surface area contributed by atoms with Gasteiger partial charge in [-0.25, -0.2) is 9.78 Å². The summed E-state index contributed by atoms with van der Waals surface area (Å²) in [7, 11) is 0. The van der Waals surface area contributed by atoms with E-state index in [0.29, 0.717) is 23.7 Å². The lowest BCUT2D eigenvalue weighted by Gasteiger charge is -2.16. The standard InChI is InChI=1S/C23H24N6O2/c1-4-24-22(30)29-21-27-18-12-15(14-8-9-19(26-13-14)23(2,3)31)11-16(20(18)28-21)17-7-5-6-10-25-17/h5-13,31H,4H2,1-3H3,(H3,24,27,28,29,30). The molecule has 3 heterocycles. The molecule has 3 aromatic heterocycles. The van der Waals surface area contributed by atoms with Gasteiger partial charge in [0, 0.05) is 30.1 Å².